The molecule has 0 aliphatic rings. The summed E-state index contributed by atoms with van der Waals surface area (Å²) < 4.78 is 0. The van der Waals surface area contributed by atoms with Crippen molar-refractivity contribution < 1.29 is 0 Å². The standard InChI is InChI=1S/C15H18N2/c16-11-15(17)10-12-6-8-14(9-7-12)13-4-2-1-3-5-13/h1-9,15H,10-11,16-17H2. The first-order valence-corrected chi connectivity index (χ1v) is 5.89. The van der Waals surface area contributed by atoms with E-state index in [2.05, 4.69) is 36.4 Å². The van der Waals surface area contributed by atoms with Crippen LogP contribution in [0.5, 0.6) is 0 Å². The molecule has 4 N–H and O–H groups in total. The molecule has 0 fully saturated rings. The van der Waals surface area contributed by atoms with Crippen molar-refractivity contribution in [2.45, 2.75) is 12.5 Å². The lowest BCUT2D eigenvalue weighted by Gasteiger charge is -2.09. The minimum absolute atomic E-state index is 0.0533. The number of nitrogens with two attached hydrogens (primary N) is 2. The van der Waals surface area contributed by atoms with Gasteiger partial charge in [0.2, 0.25) is 0 Å². The molecule has 2 aromatic rings. The maximum atomic E-state index is 5.83. The van der Waals surface area contributed by atoms with Crippen LogP contribution in [0.25, 0.3) is 11.1 Å². The quantitative estimate of drug-likeness (QED) is 0.839. The molecule has 2 aromatic carbocycles. The third-order valence-corrected chi connectivity index (χ3v) is 2.86. The van der Waals surface area contributed by atoms with E-state index in [4.69, 9.17) is 11.5 Å². The lowest BCUT2D eigenvalue weighted by Crippen LogP contribution is -2.31. The van der Waals surface area contributed by atoms with Gasteiger partial charge in [-0.2, -0.15) is 0 Å². The van der Waals surface area contributed by atoms with Crippen LogP contribution >= 0.6 is 0 Å². The van der Waals surface area contributed by atoms with Gasteiger partial charge in [-0.25, -0.2) is 0 Å². The van der Waals surface area contributed by atoms with Crippen molar-refractivity contribution in [3.63, 3.8) is 0 Å². The lowest BCUT2D eigenvalue weighted by atomic mass is 10.0. The van der Waals surface area contributed by atoms with Crippen LogP contribution in [-0.4, -0.2) is 12.6 Å². The minimum atomic E-state index is 0.0533. The summed E-state index contributed by atoms with van der Waals surface area (Å²) in [6.07, 6.45) is 0.839. The average molecular weight is 226 g/mol. The number of benzene rings is 2. The molecule has 1 unspecified atom stereocenters. The number of hydrogen-bond donors (Lipinski definition) is 2. The van der Waals surface area contributed by atoms with Crippen LogP contribution < -0.4 is 11.5 Å². The molecule has 88 valence electrons. The fraction of sp³-hybridized carbons (Fsp3) is 0.200. The molecule has 0 aliphatic carbocycles. The first kappa shape index (κ1) is 11.8. The van der Waals surface area contributed by atoms with Crippen molar-refractivity contribution in [3.05, 3.63) is 60.2 Å². The molecule has 1 atom stereocenters. The van der Waals surface area contributed by atoms with E-state index in [0.717, 1.165) is 6.42 Å². The molecule has 17 heavy (non-hydrogen) atoms. The Bertz CT molecular complexity index is 448. The Kier molecular flexibility index (Phi) is 3.91. The van der Waals surface area contributed by atoms with Crippen molar-refractivity contribution in [1.82, 2.24) is 0 Å². The van der Waals surface area contributed by atoms with E-state index in [1.807, 2.05) is 18.2 Å². The normalized spacial score (nSPS) is 12.4. The van der Waals surface area contributed by atoms with E-state index < -0.39 is 0 Å². The molecule has 0 spiro atoms. The predicted molar refractivity (Wildman–Crippen MR) is 72.6 cm³/mol. The average Bonchev–Trinajstić information content (AvgIpc) is 2.40. The number of rotatable bonds is 4. The van der Waals surface area contributed by atoms with Crippen LogP contribution in [0, 0.1) is 0 Å². The molecule has 0 saturated carbocycles. The Morgan fingerprint density at radius 3 is 2.00 bits per heavy atom. The fourth-order valence-electron chi connectivity index (χ4n) is 1.85. The summed E-state index contributed by atoms with van der Waals surface area (Å²) in [5.41, 5.74) is 15.1. The summed E-state index contributed by atoms with van der Waals surface area (Å²) in [4.78, 5) is 0. The summed E-state index contributed by atoms with van der Waals surface area (Å²) >= 11 is 0. The molecule has 0 aromatic heterocycles. The van der Waals surface area contributed by atoms with E-state index in [1.54, 1.807) is 0 Å². The first-order valence-electron chi connectivity index (χ1n) is 5.89. The molecule has 0 bridgehead atoms. The van der Waals surface area contributed by atoms with Crippen LogP contribution in [-0.2, 0) is 6.42 Å². The molecule has 2 rings (SSSR count). The van der Waals surface area contributed by atoms with E-state index in [-0.39, 0.29) is 6.04 Å². The number of hydrogen-bond acceptors (Lipinski definition) is 2. The molecular weight excluding hydrogens is 208 g/mol. The van der Waals surface area contributed by atoms with Crippen LogP contribution in [0.1, 0.15) is 5.56 Å². The second kappa shape index (κ2) is 5.62. The predicted octanol–water partition coefficient (Wildman–Crippen LogP) is 2.18. The van der Waals surface area contributed by atoms with Gasteiger partial charge in [0.05, 0.1) is 0 Å². The minimum Gasteiger partial charge on any atom is -0.329 e. The van der Waals surface area contributed by atoms with Gasteiger partial charge in [0.15, 0.2) is 0 Å². The van der Waals surface area contributed by atoms with Crippen molar-refractivity contribution in [1.29, 1.82) is 0 Å². The molecule has 0 aliphatic heterocycles. The van der Waals surface area contributed by atoms with Crippen molar-refractivity contribution >= 4 is 0 Å². The third-order valence-electron chi connectivity index (χ3n) is 2.86. The molecule has 2 nitrogen and oxygen atoms in total. The largest absolute Gasteiger partial charge is 0.329 e. The topological polar surface area (TPSA) is 52.0 Å². The molecule has 2 heteroatoms. The van der Waals surface area contributed by atoms with Gasteiger partial charge in [-0.05, 0) is 23.1 Å². The van der Waals surface area contributed by atoms with Gasteiger partial charge in [-0.3, -0.25) is 0 Å². The van der Waals surface area contributed by atoms with Crippen LogP contribution in [0.2, 0.25) is 0 Å². The van der Waals surface area contributed by atoms with Gasteiger partial charge >= 0.3 is 0 Å². The van der Waals surface area contributed by atoms with Crippen molar-refractivity contribution in [2.24, 2.45) is 11.5 Å². The Labute approximate surface area is 102 Å². The van der Waals surface area contributed by atoms with Gasteiger partial charge < -0.3 is 11.5 Å². The Morgan fingerprint density at radius 2 is 1.41 bits per heavy atom. The molecule has 0 amide bonds. The highest BCUT2D eigenvalue weighted by Crippen LogP contribution is 2.19. The Hall–Kier alpha value is -1.64. The van der Waals surface area contributed by atoms with Crippen LogP contribution in [0.3, 0.4) is 0 Å². The highest BCUT2D eigenvalue weighted by atomic mass is 14.7. The summed E-state index contributed by atoms with van der Waals surface area (Å²) in [6.45, 7) is 0.528. The van der Waals surface area contributed by atoms with Gasteiger partial charge in [0, 0.05) is 12.6 Å². The van der Waals surface area contributed by atoms with Gasteiger partial charge in [0.1, 0.15) is 0 Å². The van der Waals surface area contributed by atoms with Crippen LogP contribution in [0.4, 0.5) is 0 Å². The summed E-state index contributed by atoms with van der Waals surface area (Å²) in [6, 6.07) is 18.9. The molecule has 0 radical (unpaired) electrons. The summed E-state index contributed by atoms with van der Waals surface area (Å²) in [5, 5.41) is 0. The Balaban J connectivity index is 2.13. The highest BCUT2D eigenvalue weighted by molar-refractivity contribution is 5.63. The maximum Gasteiger partial charge on any atom is 0.0203 e. The van der Waals surface area contributed by atoms with Gasteiger partial charge in [-0.1, -0.05) is 54.6 Å². The van der Waals surface area contributed by atoms with Crippen LogP contribution in [0.15, 0.2) is 54.6 Å². The van der Waals surface area contributed by atoms with Gasteiger partial charge in [-0.15, -0.1) is 0 Å². The van der Waals surface area contributed by atoms with Crippen molar-refractivity contribution in [3.8, 4) is 11.1 Å². The third kappa shape index (κ3) is 3.16. The molecule has 0 saturated heterocycles. The zero-order chi connectivity index (χ0) is 12.1. The van der Waals surface area contributed by atoms with E-state index in [0.29, 0.717) is 6.54 Å². The SMILES string of the molecule is NCC(N)Cc1ccc(-c2ccccc2)cc1. The first-order chi connectivity index (χ1) is 8.29. The maximum absolute atomic E-state index is 5.83. The van der Waals surface area contributed by atoms with E-state index in [9.17, 15) is 0 Å². The second-order valence-electron chi connectivity index (χ2n) is 4.26. The second-order valence-corrected chi connectivity index (χ2v) is 4.26. The highest BCUT2D eigenvalue weighted by Gasteiger charge is 2.02. The van der Waals surface area contributed by atoms with Gasteiger partial charge in [0.25, 0.3) is 0 Å². The molecular formula is C15H18N2. The zero-order valence-corrected chi connectivity index (χ0v) is 9.84. The smallest absolute Gasteiger partial charge is 0.0203 e. The zero-order valence-electron chi connectivity index (χ0n) is 9.84. The van der Waals surface area contributed by atoms with E-state index >= 15 is 0 Å². The molecule has 0 heterocycles. The Morgan fingerprint density at radius 1 is 0.824 bits per heavy atom. The van der Waals surface area contributed by atoms with E-state index in [1.165, 1.54) is 16.7 Å². The fourth-order valence-corrected chi connectivity index (χ4v) is 1.85. The lowest BCUT2D eigenvalue weighted by molar-refractivity contribution is 0.679. The monoisotopic (exact) mass is 226 g/mol. The summed E-state index contributed by atoms with van der Waals surface area (Å²) in [5.74, 6) is 0. The van der Waals surface area contributed by atoms with Crippen molar-refractivity contribution in [2.75, 3.05) is 6.54 Å². The summed E-state index contributed by atoms with van der Waals surface area (Å²) in [7, 11) is 0.